The first-order chi connectivity index (χ1) is 16.5. The molecule has 0 unspecified atom stereocenters. The molecule has 0 atom stereocenters. The molecular weight excluding hydrogens is 428 g/mol. The third-order valence-electron chi connectivity index (χ3n) is 5.85. The first-order valence-electron chi connectivity index (χ1n) is 11.3. The fraction of sp³-hybridized carbons (Fsp3) is 0.280. The monoisotopic (exact) mass is 456 g/mol. The van der Waals surface area contributed by atoms with E-state index in [9.17, 15) is 0 Å². The minimum atomic E-state index is 0.218. The van der Waals surface area contributed by atoms with E-state index >= 15 is 0 Å². The van der Waals surface area contributed by atoms with Gasteiger partial charge in [0.05, 0.1) is 24.5 Å². The molecule has 0 fully saturated rings. The molecule has 0 aliphatic carbocycles. The number of nitrogens with zero attached hydrogens (tertiary/aromatic N) is 6. The maximum atomic E-state index is 5.25. The number of hydrogen-bond acceptors (Lipinski definition) is 7. The van der Waals surface area contributed by atoms with Crippen molar-refractivity contribution in [3.8, 4) is 5.75 Å². The Kier molecular flexibility index (Phi) is 5.75. The van der Waals surface area contributed by atoms with Crippen LogP contribution in [-0.2, 0) is 13.5 Å². The Morgan fingerprint density at radius 2 is 1.79 bits per heavy atom. The number of imidazole rings is 2. The molecule has 0 bridgehead atoms. The van der Waals surface area contributed by atoms with E-state index < -0.39 is 0 Å². The van der Waals surface area contributed by atoms with Gasteiger partial charge in [-0.3, -0.25) is 5.32 Å². The number of hydrogen-bond donors (Lipinski definition) is 2. The number of para-hydroxylation sites is 2. The number of nitrogens with one attached hydrogen (secondary N) is 2. The first-order valence-corrected chi connectivity index (χ1v) is 11.3. The molecule has 34 heavy (non-hydrogen) atoms. The summed E-state index contributed by atoms with van der Waals surface area (Å²) in [4.78, 5) is 18.8. The highest BCUT2D eigenvalue weighted by atomic mass is 16.5. The third-order valence-corrected chi connectivity index (χ3v) is 5.85. The van der Waals surface area contributed by atoms with Gasteiger partial charge in [0.1, 0.15) is 5.75 Å². The molecule has 3 aromatic heterocycles. The molecule has 5 aromatic rings. The lowest BCUT2D eigenvalue weighted by Gasteiger charge is -2.12. The van der Waals surface area contributed by atoms with Crippen molar-refractivity contribution in [1.82, 2.24) is 29.1 Å². The van der Waals surface area contributed by atoms with E-state index in [4.69, 9.17) is 19.7 Å². The predicted molar refractivity (Wildman–Crippen MR) is 135 cm³/mol. The zero-order valence-electron chi connectivity index (χ0n) is 19.8. The highest BCUT2D eigenvalue weighted by Crippen LogP contribution is 2.26. The number of rotatable bonds is 8. The van der Waals surface area contributed by atoms with Crippen LogP contribution in [0.5, 0.6) is 5.75 Å². The standard InChI is InChI=1S/C25H28N8O/c1-16(2)33-15-27-21-22(26-14-13-17-9-11-18(34-4)12-10-17)29-24(30-23(21)33)31-25-28-19-7-5-6-8-20(19)32(25)3/h5-12,15-16H,13-14H2,1-4H3,(H2,26,28,29,30,31). The van der Waals surface area contributed by atoms with Crippen LogP contribution in [0.4, 0.5) is 17.7 Å². The van der Waals surface area contributed by atoms with Crippen molar-refractivity contribution < 1.29 is 4.74 Å². The van der Waals surface area contributed by atoms with E-state index in [1.54, 1.807) is 7.11 Å². The van der Waals surface area contributed by atoms with Crippen LogP contribution in [0.2, 0.25) is 0 Å². The van der Waals surface area contributed by atoms with Gasteiger partial charge in [-0.2, -0.15) is 9.97 Å². The van der Waals surface area contributed by atoms with Gasteiger partial charge in [-0.25, -0.2) is 9.97 Å². The molecule has 3 heterocycles. The Balaban J connectivity index is 1.44. The summed E-state index contributed by atoms with van der Waals surface area (Å²) < 4.78 is 9.29. The number of fused-ring (bicyclic) bond motifs is 2. The van der Waals surface area contributed by atoms with Crippen LogP contribution in [0.15, 0.2) is 54.9 Å². The summed E-state index contributed by atoms with van der Waals surface area (Å²) in [7, 11) is 3.65. The topological polar surface area (TPSA) is 94.7 Å². The van der Waals surface area contributed by atoms with Crippen molar-refractivity contribution in [3.63, 3.8) is 0 Å². The Bertz CT molecular complexity index is 1440. The van der Waals surface area contributed by atoms with Crippen LogP contribution in [-0.4, -0.2) is 42.7 Å². The molecule has 9 heteroatoms. The molecule has 0 spiro atoms. The van der Waals surface area contributed by atoms with Gasteiger partial charge in [0.15, 0.2) is 17.0 Å². The number of anilines is 3. The van der Waals surface area contributed by atoms with Gasteiger partial charge < -0.3 is 19.2 Å². The van der Waals surface area contributed by atoms with Crippen molar-refractivity contribution in [2.24, 2.45) is 7.05 Å². The van der Waals surface area contributed by atoms with Gasteiger partial charge in [-0.1, -0.05) is 24.3 Å². The first kappa shape index (κ1) is 21.7. The number of aromatic nitrogens is 6. The molecule has 0 aliphatic rings. The van der Waals surface area contributed by atoms with Gasteiger partial charge in [0.25, 0.3) is 0 Å². The molecule has 0 amide bonds. The number of benzene rings is 2. The van der Waals surface area contributed by atoms with E-state index in [0.717, 1.165) is 34.4 Å². The van der Waals surface area contributed by atoms with E-state index in [-0.39, 0.29) is 6.04 Å². The Morgan fingerprint density at radius 1 is 1.00 bits per heavy atom. The largest absolute Gasteiger partial charge is 0.497 e. The number of ether oxygens (including phenoxy) is 1. The second-order valence-corrected chi connectivity index (χ2v) is 8.45. The van der Waals surface area contributed by atoms with Crippen LogP contribution in [0.25, 0.3) is 22.2 Å². The molecule has 174 valence electrons. The van der Waals surface area contributed by atoms with Crippen LogP contribution in [0, 0.1) is 0 Å². The molecule has 0 saturated heterocycles. The highest BCUT2D eigenvalue weighted by molar-refractivity contribution is 5.85. The molecule has 5 rings (SSSR count). The van der Waals surface area contributed by atoms with Crippen LogP contribution < -0.4 is 15.4 Å². The molecular formula is C25H28N8O. The summed E-state index contributed by atoms with van der Waals surface area (Å²) in [6, 6.07) is 16.3. The molecule has 0 saturated carbocycles. The Labute approximate surface area is 197 Å². The van der Waals surface area contributed by atoms with E-state index in [1.165, 1.54) is 5.56 Å². The lowest BCUT2D eigenvalue weighted by molar-refractivity contribution is 0.414. The SMILES string of the molecule is COc1ccc(CCNc2nc(Nc3nc4ccccc4n3C)nc3c2ncn3C(C)C)cc1. The maximum absolute atomic E-state index is 5.25. The fourth-order valence-electron chi connectivity index (χ4n) is 3.95. The molecule has 9 nitrogen and oxygen atoms in total. The van der Waals surface area contributed by atoms with Crippen LogP contribution in [0.1, 0.15) is 25.5 Å². The minimum Gasteiger partial charge on any atom is -0.497 e. The summed E-state index contributed by atoms with van der Waals surface area (Å²) in [5, 5.41) is 6.76. The summed E-state index contributed by atoms with van der Waals surface area (Å²) >= 11 is 0. The van der Waals surface area contributed by atoms with Gasteiger partial charge in [-0.05, 0) is 50.1 Å². The highest BCUT2D eigenvalue weighted by Gasteiger charge is 2.16. The van der Waals surface area contributed by atoms with Crippen molar-refractivity contribution in [2.45, 2.75) is 26.3 Å². The number of methoxy groups -OCH3 is 1. The zero-order chi connectivity index (χ0) is 23.7. The molecule has 0 radical (unpaired) electrons. The Hall–Kier alpha value is -4.14. The van der Waals surface area contributed by atoms with E-state index in [1.807, 2.05) is 58.9 Å². The lowest BCUT2D eigenvalue weighted by atomic mass is 10.1. The third kappa shape index (κ3) is 4.12. The second-order valence-electron chi connectivity index (χ2n) is 8.45. The van der Waals surface area contributed by atoms with Crippen molar-refractivity contribution >= 4 is 39.9 Å². The minimum absolute atomic E-state index is 0.218. The molecule has 2 N–H and O–H groups in total. The quantitative estimate of drug-likeness (QED) is 0.349. The van der Waals surface area contributed by atoms with Gasteiger partial charge in [0.2, 0.25) is 11.9 Å². The van der Waals surface area contributed by atoms with Crippen molar-refractivity contribution in [3.05, 3.63) is 60.4 Å². The van der Waals surface area contributed by atoms with Crippen molar-refractivity contribution in [1.29, 1.82) is 0 Å². The number of aryl methyl sites for hydroxylation is 1. The average Bonchev–Trinajstić information content (AvgIpc) is 3.41. The van der Waals surface area contributed by atoms with Gasteiger partial charge >= 0.3 is 0 Å². The summed E-state index contributed by atoms with van der Waals surface area (Å²) in [6.07, 6.45) is 2.66. The second kappa shape index (κ2) is 9.01. The molecule has 0 aliphatic heterocycles. The van der Waals surface area contributed by atoms with Crippen molar-refractivity contribution in [2.75, 3.05) is 24.3 Å². The summed E-state index contributed by atoms with van der Waals surface area (Å²) in [5.74, 6) is 2.70. The molecule has 2 aromatic carbocycles. The summed E-state index contributed by atoms with van der Waals surface area (Å²) in [5.41, 5.74) is 4.69. The average molecular weight is 457 g/mol. The predicted octanol–water partition coefficient (Wildman–Crippen LogP) is 4.70. The maximum Gasteiger partial charge on any atom is 0.233 e. The normalized spacial score (nSPS) is 11.4. The van der Waals surface area contributed by atoms with Crippen LogP contribution in [0.3, 0.4) is 0 Å². The fourth-order valence-corrected chi connectivity index (χ4v) is 3.95. The van der Waals surface area contributed by atoms with Crippen LogP contribution >= 0.6 is 0 Å². The zero-order valence-corrected chi connectivity index (χ0v) is 19.8. The van der Waals surface area contributed by atoms with Gasteiger partial charge in [0, 0.05) is 19.6 Å². The smallest absolute Gasteiger partial charge is 0.233 e. The Morgan fingerprint density at radius 3 is 2.53 bits per heavy atom. The summed E-state index contributed by atoms with van der Waals surface area (Å²) in [6.45, 7) is 4.93. The van der Waals surface area contributed by atoms with Gasteiger partial charge in [-0.15, -0.1) is 0 Å². The van der Waals surface area contributed by atoms with E-state index in [2.05, 4.69) is 41.6 Å². The lowest BCUT2D eigenvalue weighted by Crippen LogP contribution is -2.11. The van der Waals surface area contributed by atoms with E-state index in [0.29, 0.717) is 24.3 Å².